The third-order valence-electron chi connectivity index (χ3n) is 1.64. The quantitative estimate of drug-likeness (QED) is 0.167. The predicted octanol–water partition coefficient (Wildman–Crippen LogP) is 0.139. The second-order valence-corrected chi connectivity index (χ2v) is 2.82. The first-order valence-electron chi connectivity index (χ1n) is 4.47. The number of nitrogens with one attached hydrogen (secondary N) is 1. The van der Waals surface area contributed by atoms with Gasteiger partial charge in [0.15, 0.2) is 5.84 Å². The monoisotopic (exact) mass is 189 g/mol. The first kappa shape index (κ1) is 12.2. The Labute approximate surface area is 78.9 Å². The van der Waals surface area contributed by atoms with Gasteiger partial charge in [-0.1, -0.05) is 5.16 Å². The molecule has 0 fully saturated rings. The maximum atomic E-state index is 8.21. The number of nitrogens with zero attached hydrogens (tertiary/aromatic N) is 1. The van der Waals surface area contributed by atoms with Gasteiger partial charge >= 0.3 is 0 Å². The largest absolute Gasteiger partial charge is 0.409 e. The molecule has 0 unspecified atom stereocenters. The molecule has 0 amide bonds. The van der Waals surface area contributed by atoms with Crippen LogP contribution in [0.25, 0.3) is 0 Å². The number of unbranched alkanes of at least 4 members (excludes halogenated alkanes) is 2. The summed E-state index contributed by atoms with van der Waals surface area (Å²) >= 11 is 0. The second kappa shape index (κ2) is 9.28. The Morgan fingerprint density at radius 1 is 1.46 bits per heavy atom. The lowest BCUT2D eigenvalue weighted by molar-refractivity contribution is 0.192. The number of ether oxygens (including phenoxy) is 1. The van der Waals surface area contributed by atoms with E-state index in [2.05, 4.69) is 10.5 Å². The molecule has 0 heterocycles. The highest BCUT2D eigenvalue weighted by Gasteiger charge is 1.92. The first-order chi connectivity index (χ1) is 6.31. The number of hydrogen-bond acceptors (Lipinski definition) is 4. The van der Waals surface area contributed by atoms with Crippen LogP contribution in [0.2, 0.25) is 0 Å². The molecule has 78 valence electrons. The zero-order valence-corrected chi connectivity index (χ0v) is 8.12. The van der Waals surface area contributed by atoms with Crippen LogP contribution < -0.4 is 11.1 Å². The van der Waals surface area contributed by atoms with Gasteiger partial charge in [-0.05, 0) is 25.8 Å². The van der Waals surface area contributed by atoms with Gasteiger partial charge in [0.25, 0.3) is 0 Å². The van der Waals surface area contributed by atoms with Gasteiger partial charge in [0.1, 0.15) is 0 Å². The molecular weight excluding hydrogens is 170 g/mol. The van der Waals surface area contributed by atoms with Crippen LogP contribution in [0.3, 0.4) is 0 Å². The number of hydrogen-bond donors (Lipinski definition) is 3. The summed E-state index contributed by atoms with van der Waals surface area (Å²) in [6.45, 7) is 2.15. The van der Waals surface area contributed by atoms with Gasteiger partial charge in [-0.3, -0.25) is 0 Å². The number of amidine groups is 1. The summed E-state index contributed by atoms with van der Waals surface area (Å²) in [5, 5.41) is 14.1. The van der Waals surface area contributed by atoms with Crippen LogP contribution in [-0.2, 0) is 4.74 Å². The molecule has 0 bridgehead atoms. The topological polar surface area (TPSA) is 79.9 Å². The number of oxime groups is 1. The van der Waals surface area contributed by atoms with E-state index in [1.165, 1.54) is 0 Å². The van der Waals surface area contributed by atoms with Crippen molar-refractivity contribution in [2.45, 2.75) is 19.3 Å². The van der Waals surface area contributed by atoms with E-state index in [9.17, 15) is 0 Å². The molecule has 4 N–H and O–H groups in total. The normalized spacial score (nSPS) is 11.9. The fourth-order valence-corrected chi connectivity index (χ4v) is 0.925. The van der Waals surface area contributed by atoms with Crippen molar-refractivity contribution in [1.82, 2.24) is 5.32 Å². The first-order valence-corrected chi connectivity index (χ1v) is 4.47. The Bertz CT molecular complexity index is 139. The number of nitrogens with two attached hydrogens (primary N) is 1. The third kappa shape index (κ3) is 9.10. The minimum absolute atomic E-state index is 0.219. The van der Waals surface area contributed by atoms with Crippen molar-refractivity contribution < 1.29 is 9.94 Å². The number of methoxy groups -OCH3 is 1. The molecular formula is C8H19N3O2. The Morgan fingerprint density at radius 3 is 2.85 bits per heavy atom. The SMILES string of the molecule is COCCCCCNCC(N)=NO. The van der Waals surface area contributed by atoms with E-state index in [0.29, 0.717) is 6.54 Å². The van der Waals surface area contributed by atoms with Gasteiger partial charge in [0, 0.05) is 13.7 Å². The molecule has 0 aliphatic heterocycles. The molecule has 0 saturated heterocycles. The van der Waals surface area contributed by atoms with Gasteiger partial charge in [0.2, 0.25) is 0 Å². The number of rotatable bonds is 8. The lowest BCUT2D eigenvalue weighted by Gasteiger charge is -2.02. The Morgan fingerprint density at radius 2 is 2.23 bits per heavy atom. The van der Waals surface area contributed by atoms with Crippen molar-refractivity contribution in [3.63, 3.8) is 0 Å². The minimum atomic E-state index is 0.219. The molecule has 0 saturated carbocycles. The molecule has 0 aromatic carbocycles. The molecule has 0 atom stereocenters. The molecule has 0 aliphatic rings. The van der Waals surface area contributed by atoms with Crippen LogP contribution in [0.5, 0.6) is 0 Å². The highest BCUT2D eigenvalue weighted by molar-refractivity contribution is 5.81. The van der Waals surface area contributed by atoms with E-state index in [1.807, 2.05) is 0 Å². The van der Waals surface area contributed by atoms with E-state index >= 15 is 0 Å². The summed E-state index contributed by atoms with van der Waals surface area (Å²) in [6.07, 6.45) is 3.31. The summed E-state index contributed by atoms with van der Waals surface area (Å²) in [5.74, 6) is 0.219. The molecule has 0 spiro atoms. The fraction of sp³-hybridized carbons (Fsp3) is 0.875. The molecule has 13 heavy (non-hydrogen) atoms. The molecule has 0 rings (SSSR count). The maximum Gasteiger partial charge on any atom is 0.153 e. The van der Waals surface area contributed by atoms with E-state index < -0.39 is 0 Å². The summed E-state index contributed by atoms with van der Waals surface area (Å²) in [7, 11) is 1.71. The van der Waals surface area contributed by atoms with Crippen LogP contribution in [-0.4, -0.2) is 37.8 Å². The van der Waals surface area contributed by atoms with Crippen molar-refractivity contribution in [3.05, 3.63) is 0 Å². The molecule has 0 aromatic heterocycles. The van der Waals surface area contributed by atoms with Crippen LogP contribution in [0.1, 0.15) is 19.3 Å². The van der Waals surface area contributed by atoms with Crippen LogP contribution in [0.15, 0.2) is 5.16 Å². The minimum Gasteiger partial charge on any atom is -0.409 e. The summed E-state index contributed by atoms with van der Waals surface area (Å²) in [4.78, 5) is 0. The summed E-state index contributed by atoms with van der Waals surface area (Å²) in [5.41, 5.74) is 5.25. The molecule has 5 nitrogen and oxygen atoms in total. The average molecular weight is 189 g/mol. The van der Waals surface area contributed by atoms with Crippen LogP contribution in [0, 0.1) is 0 Å². The van der Waals surface area contributed by atoms with E-state index in [1.54, 1.807) is 7.11 Å². The zero-order valence-electron chi connectivity index (χ0n) is 8.12. The summed E-state index contributed by atoms with van der Waals surface area (Å²) < 4.78 is 4.91. The van der Waals surface area contributed by atoms with Gasteiger partial charge in [-0.2, -0.15) is 0 Å². The Balaban J connectivity index is 3.00. The smallest absolute Gasteiger partial charge is 0.153 e. The van der Waals surface area contributed by atoms with Gasteiger partial charge in [-0.15, -0.1) is 0 Å². The maximum absolute atomic E-state index is 8.21. The van der Waals surface area contributed by atoms with Crippen LogP contribution >= 0.6 is 0 Å². The lowest BCUT2D eigenvalue weighted by atomic mass is 10.2. The van der Waals surface area contributed by atoms with E-state index in [0.717, 1.165) is 32.4 Å². The summed E-state index contributed by atoms with van der Waals surface area (Å²) in [6, 6.07) is 0. The van der Waals surface area contributed by atoms with E-state index in [-0.39, 0.29) is 5.84 Å². The average Bonchev–Trinajstić information content (AvgIpc) is 2.16. The lowest BCUT2D eigenvalue weighted by Crippen LogP contribution is -2.29. The van der Waals surface area contributed by atoms with Crippen molar-refractivity contribution in [2.24, 2.45) is 10.9 Å². The van der Waals surface area contributed by atoms with Crippen molar-refractivity contribution in [3.8, 4) is 0 Å². The van der Waals surface area contributed by atoms with Crippen molar-refractivity contribution >= 4 is 5.84 Å². The Kier molecular flexibility index (Phi) is 8.70. The Hall–Kier alpha value is -0.810. The molecule has 5 heteroatoms. The second-order valence-electron chi connectivity index (χ2n) is 2.82. The zero-order chi connectivity index (χ0) is 9.94. The molecule has 0 radical (unpaired) electrons. The highest BCUT2D eigenvalue weighted by Crippen LogP contribution is 1.93. The van der Waals surface area contributed by atoms with Crippen molar-refractivity contribution in [2.75, 3.05) is 26.8 Å². The molecule has 0 aliphatic carbocycles. The van der Waals surface area contributed by atoms with Gasteiger partial charge < -0.3 is 21.0 Å². The molecule has 0 aromatic rings. The van der Waals surface area contributed by atoms with Crippen molar-refractivity contribution in [1.29, 1.82) is 0 Å². The van der Waals surface area contributed by atoms with E-state index in [4.69, 9.17) is 15.7 Å². The van der Waals surface area contributed by atoms with Gasteiger partial charge in [-0.25, -0.2) is 0 Å². The van der Waals surface area contributed by atoms with Crippen LogP contribution in [0.4, 0.5) is 0 Å². The fourth-order valence-electron chi connectivity index (χ4n) is 0.925. The highest BCUT2D eigenvalue weighted by atomic mass is 16.5. The standard InChI is InChI=1S/C8H19N3O2/c1-13-6-4-2-3-5-10-7-8(9)11-12/h10,12H,2-7H2,1H3,(H2,9,11). The third-order valence-corrected chi connectivity index (χ3v) is 1.64. The predicted molar refractivity (Wildman–Crippen MR) is 52.0 cm³/mol. The van der Waals surface area contributed by atoms with Gasteiger partial charge in [0.05, 0.1) is 6.54 Å².